The molecule has 0 atom stereocenters. The molecule has 2 aromatic carbocycles. The lowest BCUT2D eigenvalue weighted by atomic mass is 10.1. The van der Waals surface area contributed by atoms with E-state index in [1.807, 2.05) is 24.3 Å². The normalized spacial score (nSPS) is 12.8. The smallest absolute Gasteiger partial charge is 0.258 e. The molecule has 4 rings (SSSR count). The fourth-order valence-electron chi connectivity index (χ4n) is 3.07. The molecule has 1 N–H and O–H groups in total. The summed E-state index contributed by atoms with van der Waals surface area (Å²) in [5, 5.41) is 2.78. The first-order chi connectivity index (χ1) is 12.6. The van der Waals surface area contributed by atoms with Crippen LogP contribution in [0.15, 0.2) is 60.8 Å². The third kappa shape index (κ3) is 3.01. The van der Waals surface area contributed by atoms with Crippen molar-refractivity contribution in [3.63, 3.8) is 0 Å². The van der Waals surface area contributed by atoms with E-state index < -0.39 is 11.6 Å². The Morgan fingerprint density at radius 3 is 2.77 bits per heavy atom. The molecule has 130 valence electrons. The Kier molecular flexibility index (Phi) is 4.08. The molecular weight excluding hydrogens is 336 g/mol. The number of carbonyl (C=O) groups excluding carboxylic acids is 1. The molecule has 1 aliphatic heterocycles. The molecule has 0 saturated carbocycles. The molecule has 4 nitrogen and oxygen atoms in total. The summed E-state index contributed by atoms with van der Waals surface area (Å²) in [6, 6.07) is 14.2. The van der Waals surface area contributed by atoms with Gasteiger partial charge in [-0.3, -0.25) is 4.79 Å². The van der Waals surface area contributed by atoms with E-state index in [1.54, 1.807) is 17.0 Å². The van der Waals surface area contributed by atoms with Gasteiger partial charge in [-0.05, 0) is 42.3 Å². The van der Waals surface area contributed by atoms with Crippen molar-refractivity contribution in [2.24, 2.45) is 0 Å². The van der Waals surface area contributed by atoms with Crippen LogP contribution in [0.3, 0.4) is 0 Å². The molecule has 0 saturated heterocycles. The van der Waals surface area contributed by atoms with Crippen LogP contribution in [0.5, 0.6) is 0 Å². The highest BCUT2D eigenvalue weighted by Crippen LogP contribution is 2.29. The molecule has 1 aromatic heterocycles. The molecule has 0 aliphatic carbocycles. The van der Waals surface area contributed by atoms with Crippen molar-refractivity contribution in [2.75, 3.05) is 16.8 Å². The van der Waals surface area contributed by atoms with Crippen LogP contribution in [0.4, 0.5) is 26.0 Å². The summed E-state index contributed by atoms with van der Waals surface area (Å²) < 4.78 is 26.8. The number of rotatable bonds is 3. The van der Waals surface area contributed by atoms with Crippen molar-refractivity contribution in [1.82, 2.24) is 4.98 Å². The Morgan fingerprint density at radius 2 is 1.92 bits per heavy atom. The summed E-state index contributed by atoms with van der Waals surface area (Å²) >= 11 is 0. The average Bonchev–Trinajstić information content (AvgIpc) is 3.08. The van der Waals surface area contributed by atoms with Gasteiger partial charge in [0.2, 0.25) is 0 Å². The monoisotopic (exact) mass is 351 g/mol. The Labute approximate surface area is 149 Å². The van der Waals surface area contributed by atoms with E-state index >= 15 is 0 Å². The number of pyridine rings is 1. The van der Waals surface area contributed by atoms with Crippen LogP contribution >= 0.6 is 0 Å². The lowest BCUT2D eigenvalue weighted by Gasteiger charge is -2.17. The maximum absolute atomic E-state index is 13.8. The van der Waals surface area contributed by atoms with Crippen molar-refractivity contribution in [3.05, 3.63) is 83.6 Å². The third-order valence-electron chi connectivity index (χ3n) is 4.33. The van der Waals surface area contributed by atoms with E-state index in [4.69, 9.17) is 0 Å². The molecule has 6 heteroatoms. The summed E-state index contributed by atoms with van der Waals surface area (Å²) in [5.41, 5.74) is 2.59. The standard InChI is InChI=1S/C20H15F2N3O/c21-15-5-6-17(16(22)12-15)24-19-11-14(7-9-23-19)20(26)25-10-8-13-3-1-2-4-18(13)25/h1-7,9,11-12H,8,10H2,(H,23,24). The number of hydrogen-bond donors (Lipinski definition) is 1. The summed E-state index contributed by atoms with van der Waals surface area (Å²) in [6.07, 6.45) is 2.30. The van der Waals surface area contributed by atoms with Crippen LogP contribution in [0, 0.1) is 11.6 Å². The van der Waals surface area contributed by atoms with Gasteiger partial charge >= 0.3 is 0 Å². The Bertz CT molecular complexity index is 990. The Morgan fingerprint density at radius 1 is 1.08 bits per heavy atom. The topological polar surface area (TPSA) is 45.2 Å². The lowest BCUT2D eigenvalue weighted by molar-refractivity contribution is 0.0989. The summed E-state index contributed by atoms with van der Waals surface area (Å²) in [6.45, 7) is 0.621. The molecule has 0 fully saturated rings. The number of benzene rings is 2. The molecule has 1 aliphatic rings. The number of hydrogen-bond acceptors (Lipinski definition) is 3. The predicted molar refractivity (Wildman–Crippen MR) is 95.7 cm³/mol. The highest BCUT2D eigenvalue weighted by molar-refractivity contribution is 6.07. The largest absolute Gasteiger partial charge is 0.338 e. The average molecular weight is 351 g/mol. The van der Waals surface area contributed by atoms with Gasteiger partial charge in [0.15, 0.2) is 0 Å². The third-order valence-corrected chi connectivity index (χ3v) is 4.33. The van der Waals surface area contributed by atoms with E-state index in [1.165, 1.54) is 12.3 Å². The van der Waals surface area contributed by atoms with E-state index in [0.29, 0.717) is 17.9 Å². The fourth-order valence-corrected chi connectivity index (χ4v) is 3.07. The molecule has 1 amide bonds. The van der Waals surface area contributed by atoms with E-state index in [0.717, 1.165) is 29.8 Å². The van der Waals surface area contributed by atoms with Gasteiger partial charge in [0.25, 0.3) is 5.91 Å². The van der Waals surface area contributed by atoms with Gasteiger partial charge in [0, 0.05) is 30.1 Å². The number of carbonyl (C=O) groups is 1. The maximum atomic E-state index is 13.8. The highest BCUT2D eigenvalue weighted by Gasteiger charge is 2.25. The summed E-state index contributed by atoms with van der Waals surface area (Å²) in [4.78, 5) is 18.7. The van der Waals surface area contributed by atoms with Crippen LogP contribution < -0.4 is 10.2 Å². The van der Waals surface area contributed by atoms with Crippen molar-refractivity contribution in [3.8, 4) is 0 Å². The van der Waals surface area contributed by atoms with Gasteiger partial charge in [-0.25, -0.2) is 13.8 Å². The van der Waals surface area contributed by atoms with Crippen LogP contribution in [-0.4, -0.2) is 17.4 Å². The Hall–Kier alpha value is -3.28. The minimum atomic E-state index is -0.725. The van der Waals surface area contributed by atoms with Crippen LogP contribution in [0.1, 0.15) is 15.9 Å². The Balaban J connectivity index is 1.59. The minimum absolute atomic E-state index is 0.0926. The number of anilines is 3. The maximum Gasteiger partial charge on any atom is 0.258 e. The molecule has 2 heterocycles. The number of amides is 1. The highest BCUT2D eigenvalue weighted by atomic mass is 19.1. The van der Waals surface area contributed by atoms with E-state index in [-0.39, 0.29) is 11.6 Å². The second kappa shape index (κ2) is 6.55. The first-order valence-corrected chi connectivity index (χ1v) is 8.20. The lowest BCUT2D eigenvalue weighted by Crippen LogP contribution is -2.28. The first-order valence-electron chi connectivity index (χ1n) is 8.20. The SMILES string of the molecule is O=C(c1ccnc(Nc2ccc(F)cc2F)c1)N1CCc2ccccc21. The van der Waals surface area contributed by atoms with Crippen LogP contribution in [0.2, 0.25) is 0 Å². The van der Waals surface area contributed by atoms with Gasteiger partial charge in [-0.1, -0.05) is 18.2 Å². The fraction of sp³-hybridized carbons (Fsp3) is 0.100. The number of fused-ring (bicyclic) bond motifs is 1. The predicted octanol–water partition coefficient (Wildman–Crippen LogP) is 4.31. The van der Waals surface area contributed by atoms with Crippen molar-refractivity contribution < 1.29 is 13.6 Å². The summed E-state index contributed by atoms with van der Waals surface area (Å²) in [5.74, 6) is -1.21. The van der Waals surface area contributed by atoms with Crippen LogP contribution in [-0.2, 0) is 6.42 Å². The number of nitrogens with zero attached hydrogens (tertiary/aromatic N) is 2. The molecule has 0 spiro atoms. The molecule has 0 unspecified atom stereocenters. The zero-order chi connectivity index (χ0) is 18.1. The number of aromatic nitrogens is 1. The van der Waals surface area contributed by atoms with Gasteiger partial charge in [0.05, 0.1) is 5.69 Å². The minimum Gasteiger partial charge on any atom is -0.338 e. The zero-order valence-electron chi connectivity index (χ0n) is 13.7. The zero-order valence-corrected chi connectivity index (χ0v) is 13.7. The van der Waals surface area contributed by atoms with E-state index in [9.17, 15) is 13.6 Å². The van der Waals surface area contributed by atoms with E-state index in [2.05, 4.69) is 10.3 Å². The van der Waals surface area contributed by atoms with Crippen molar-refractivity contribution in [1.29, 1.82) is 0 Å². The van der Waals surface area contributed by atoms with Gasteiger partial charge < -0.3 is 10.2 Å². The van der Waals surface area contributed by atoms with Gasteiger partial charge in [-0.15, -0.1) is 0 Å². The quantitative estimate of drug-likeness (QED) is 0.765. The molecular formula is C20H15F2N3O. The van der Waals surface area contributed by atoms with Gasteiger partial charge in [0.1, 0.15) is 17.5 Å². The second-order valence-corrected chi connectivity index (χ2v) is 6.01. The molecule has 0 radical (unpaired) electrons. The number of para-hydroxylation sites is 1. The molecule has 0 bridgehead atoms. The van der Waals surface area contributed by atoms with Crippen molar-refractivity contribution in [2.45, 2.75) is 6.42 Å². The molecule has 3 aromatic rings. The first kappa shape index (κ1) is 16.2. The number of halogens is 2. The second-order valence-electron chi connectivity index (χ2n) is 6.01. The number of nitrogens with one attached hydrogen (secondary N) is 1. The summed E-state index contributed by atoms with van der Waals surface area (Å²) in [7, 11) is 0. The van der Waals surface area contributed by atoms with Crippen molar-refractivity contribution >= 4 is 23.1 Å². The van der Waals surface area contributed by atoms with Gasteiger partial charge in [-0.2, -0.15) is 0 Å². The van der Waals surface area contributed by atoms with Crippen LogP contribution in [0.25, 0.3) is 0 Å². The molecule has 26 heavy (non-hydrogen) atoms.